The van der Waals surface area contributed by atoms with Crippen LogP contribution in [-0.2, 0) is 6.54 Å². The minimum Gasteiger partial charge on any atom is -0.448 e. The SMILES string of the molecule is CC(=O)c1c(C)cc(C)c(Cn2cnc3c(oc4ccccc43)c2=O)c1C. The van der Waals surface area contributed by atoms with Crippen LogP contribution in [-0.4, -0.2) is 15.3 Å². The Labute approximate surface area is 156 Å². The Morgan fingerprint density at radius 2 is 1.89 bits per heavy atom. The van der Waals surface area contributed by atoms with Crippen molar-refractivity contribution in [2.45, 2.75) is 34.2 Å². The number of fused-ring (bicyclic) bond motifs is 3. The van der Waals surface area contributed by atoms with Crippen molar-refractivity contribution >= 4 is 27.9 Å². The summed E-state index contributed by atoms with van der Waals surface area (Å²) in [6.07, 6.45) is 1.55. The van der Waals surface area contributed by atoms with Crippen molar-refractivity contribution < 1.29 is 9.21 Å². The minimum atomic E-state index is -0.222. The molecule has 0 saturated carbocycles. The van der Waals surface area contributed by atoms with Gasteiger partial charge >= 0.3 is 0 Å². The average Bonchev–Trinajstić information content (AvgIpc) is 2.99. The summed E-state index contributed by atoms with van der Waals surface area (Å²) in [7, 11) is 0. The summed E-state index contributed by atoms with van der Waals surface area (Å²) < 4.78 is 7.29. The van der Waals surface area contributed by atoms with E-state index in [1.54, 1.807) is 17.8 Å². The van der Waals surface area contributed by atoms with Crippen LogP contribution in [0.3, 0.4) is 0 Å². The maximum absolute atomic E-state index is 13.0. The molecule has 0 atom stereocenters. The average molecular weight is 360 g/mol. The van der Waals surface area contributed by atoms with Gasteiger partial charge in [0.1, 0.15) is 11.1 Å². The molecule has 0 bridgehead atoms. The molecule has 0 aliphatic rings. The molecule has 0 aliphatic carbocycles. The summed E-state index contributed by atoms with van der Waals surface area (Å²) in [6, 6.07) is 9.48. The number of Topliss-reactive ketones (excluding diaryl/α,β-unsaturated/α-hetero) is 1. The first-order chi connectivity index (χ1) is 12.9. The molecule has 5 nitrogen and oxygen atoms in total. The van der Waals surface area contributed by atoms with Gasteiger partial charge in [-0.2, -0.15) is 0 Å². The standard InChI is InChI=1S/C22H20N2O3/c1-12-9-13(2)19(15(4)25)14(3)17(12)10-24-11-23-20-16-7-5-6-8-18(16)27-21(20)22(24)26/h5-9,11H,10H2,1-4H3. The van der Waals surface area contributed by atoms with E-state index >= 15 is 0 Å². The number of benzene rings is 2. The summed E-state index contributed by atoms with van der Waals surface area (Å²) in [5, 5.41) is 0.832. The number of ketones is 1. The summed E-state index contributed by atoms with van der Waals surface area (Å²) in [4.78, 5) is 29.5. The van der Waals surface area contributed by atoms with E-state index in [1.165, 1.54) is 0 Å². The van der Waals surface area contributed by atoms with Crippen LogP contribution in [0.1, 0.15) is 39.5 Å². The molecule has 136 valence electrons. The zero-order valence-electron chi connectivity index (χ0n) is 15.8. The molecule has 5 heteroatoms. The Bertz CT molecular complexity index is 1280. The van der Waals surface area contributed by atoms with Gasteiger partial charge in [0.2, 0.25) is 5.58 Å². The van der Waals surface area contributed by atoms with Gasteiger partial charge in [-0.05, 0) is 62.1 Å². The molecule has 0 aliphatic heterocycles. The third-order valence-electron chi connectivity index (χ3n) is 5.16. The molecule has 0 unspecified atom stereocenters. The van der Waals surface area contributed by atoms with Gasteiger partial charge in [0.05, 0.1) is 12.9 Å². The van der Waals surface area contributed by atoms with Gasteiger partial charge in [-0.15, -0.1) is 0 Å². The van der Waals surface area contributed by atoms with Gasteiger partial charge < -0.3 is 4.42 Å². The Morgan fingerprint density at radius 1 is 1.15 bits per heavy atom. The molecule has 0 amide bonds. The van der Waals surface area contributed by atoms with Crippen LogP contribution >= 0.6 is 0 Å². The van der Waals surface area contributed by atoms with E-state index in [0.717, 1.165) is 33.2 Å². The lowest BCUT2D eigenvalue weighted by atomic mass is 9.91. The van der Waals surface area contributed by atoms with Crippen molar-refractivity contribution in [1.82, 2.24) is 9.55 Å². The molecular weight excluding hydrogens is 340 g/mol. The third kappa shape index (κ3) is 2.67. The molecule has 2 heterocycles. The fraction of sp³-hybridized carbons (Fsp3) is 0.227. The lowest BCUT2D eigenvalue weighted by molar-refractivity contribution is 0.101. The van der Waals surface area contributed by atoms with Crippen molar-refractivity contribution in [2.24, 2.45) is 0 Å². The summed E-state index contributed by atoms with van der Waals surface area (Å²) in [5.41, 5.74) is 5.87. The van der Waals surface area contributed by atoms with Crippen LogP contribution in [0.5, 0.6) is 0 Å². The topological polar surface area (TPSA) is 65.1 Å². The third-order valence-corrected chi connectivity index (χ3v) is 5.16. The van der Waals surface area contributed by atoms with E-state index < -0.39 is 0 Å². The monoisotopic (exact) mass is 360 g/mol. The van der Waals surface area contributed by atoms with E-state index in [1.807, 2.05) is 51.1 Å². The first kappa shape index (κ1) is 17.2. The normalized spacial score (nSPS) is 11.4. The predicted octanol–water partition coefficient (Wildman–Crippen LogP) is 4.32. The maximum atomic E-state index is 13.0. The molecule has 0 spiro atoms. The second-order valence-corrected chi connectivity index (χ2v) is 7.00. The van der Waals surface area contributed by atoms with Crippen LogP contribution < -0.4 is 5.56 Å². The number of nitrogens with zero attached hydrogens (tertiary/aromatic N) is 2. The molecule has 0 fully saturated rings. The Balaban J connectivity index is 1.89. The van der Waals surface area contributed by atoms with Crippen molar-refractivity contribution in [3.8, 4) is 0 Å². The summed E-state index contributed by atoms with van der Waals surface area (Å²) in [5.74, 6) is 0.0319. The van der Waals surface area contributed by atoms with Gasteiger partial charge in [0.25, 0.3) is 5.56 Å². The Hall–Kier alpha value is -3.21. The first-order valence-corrected chi connectivity index (χ1v) is 8.85. The lowest BCUT2D eigenvalue weighted by Crippen LogP contribution is -2.22. The van der Waals surface area contributed by atoms with E-state index in [4.69, 9.17) is 4.42 Å². The molecule has 4 rings (SSSR count). The summed E-state index contributed by atoms with van der Waals surface area (Å²) >= 11 is 0. The number of furan rings is 1. The number of rotatable bonds is 3. The highest BCUT2D eigenvalue weighted by Crippen LogP contribution is 2.26. The smallest absolute Gasteiger partial charge is 0.297 e. The van der Waals surface area contributed by atoms with Crippen LogP contribution in [0.15, 0.2) is 45.9 Å². The largest absolute Gasteiger partial charge is 0.448 e. The minimum absolute atomic E-state index is 0.0319. The predicted molar refractivity (Wildman–Crippen MR) is 106 cm³/mol. The van der Waals surface area contributed by atoms with Crippen molar-refractivity contribution in [1.29, 1.82) is 0 Å². The number of hydrogen-bond donors (Lipinski definition) is 0. The van der Waals surface area contributed by atoms with E-state index in [0.29, 0.717) is 17.6 Å². The fourth-order valence-corrected chi connectivity index (χ4v) is 3.91. The highest BCUT2D eigenvalue weighted by atomic mass is 16.3. The van der Waals surface area contributed by atoms with Gasteiger partial charge in [0.15, 0.2) is 5.78 Å². The van der Waals surface area contributed by atoms with Crippen LogP contribution in [0, 0.1) is 20.8 Å². The lowest BCUT2D eigenvalue weighted by Gasteiger charge is -2.16. The molecule has 0 saturated heterocycles. The van der Waals surface area contributed by atoms with Gasteiger partial charge in [-0.1, -0.05) is 18.2 Å². The number of aromatic nitrogens is 2. The fourth-order valence-electron chi connectivity index (χ4n) is 3.91. The van der Waals surface area contributed by atoms with E-state index in [-0.39, 0.29) is 16.9 Å². The van der Waals surface area contributed by atoms with Gasteiger partial charge in [0, 0.05) is 10.9 Å². The molecule has 2 aromatic carbocycles. The van der Waals surface area contributed by atoms with Gasteiger partial charge in [-0.25, -0.2) is 4.98 Å². The zero-order valence-corrected chi connectivity index (χ0v) is 15.8. The number of hydrogen-bond acceptors (Lipinski definition) is 4. The molecule has 0 radical (unpaired) electrons. The van der Waals surface area contributed by atoms with Crippen LogP contribution in [0.25, 0.3) is 22.1 Å². The van der Waals surface area contributed by atoms with Crippen LogP contribution in [0.2, 0.25) is 0 Å². The molecule has 0 N–H and O–H groups in total. The second-order valence-electron chi connectivity index (χ2n) is 7.00. The number of carbonyl (C=O) groups excluding carboxylic acids is 1. The van der Waals surface area contributed by atoms with E-state index in [2.05, 4.69) is 4.98 Å². The first-order valence-electron chi connectivity index (χ1n) is 8.85. The van der Waals surface area contributed by atoms with Crippen molar-refractivity contribution in [2.75, 3.05) is 0 Å². The number of aryl methyl sites for hydroxylation is 2. The van der Waals surface area contributed by atoms with Crippen LogP contribution in [0.4, 0.5) is 0 Å². The zero-order chi connectivity index (χ0) is 19.3. The molecule has 2 aromatic heterocycles. The highest BCUT2D eigenvalue weighted by Gasteiger charge is 2.17. The molecule has 4 aromatic rings. The highest BCUT2D eigenvalue weighted by molar-refractivity contribution is 6.01. The van der Waals surface area contributed by atoms with Crippen molar-refractivity contribution in [3.05, 3.63) is 74.8 Å². The Kier molecular flexibility index (Phi) is 3.95. The molecule has 27 heavy (non-hydrogen) atoms. The van der Waals surface area contributed by atoms with E-state index in [9.17, 15) is 9.59 Å². The van der Waals surface area contributed by atoms with Crippen molar-refractivity contribution in [3.63, 3.8) is 0 Å². The number of para-hydroxylation sites is 1. The second kappa shape index (κ2) is 6.20. The Morgan fingerprint density at radius 3 is 2.63 bits per heavy atom. The molecular formula is C22H20N2O3. The van der Waals surface area contributed by atoms with Gasteiger partial charge in [-0.3, -0.25) is 14.2 Å². The quantitative estimate of drug-likeness (QED) is 0.510. The maximum Gasteiger partial charge on any atom is 0.297 e. The number of carbonyl (C=O) groups is 1. The summed E-state index contributed by atoms with van der Waals surface area (Å²) in [6.45, 7) is 7.79.